The number of nitrogens with zero attached hydrogens (tertiary/aromatic N) is 2. The SMILES string of the molecule is N[C@@H](C(=O)N1CCN(C2CC2)C(=O)C1)c1ccccc1. The Morgan fingerprint density at radius 1 is 1.20 bits per heavy atom. The molecule has 3 rings (SSSR count). The quantitative estimate of drug-likeness (QED) is 0.873. The molecule has 0 unspecified atom stereocenters. The fourth-order valence-corrected chi connectivity index (χ4v) is 2.65. The Hall–Kier alpha value is -1.88. The lowest BCUT2D eigenvalue weighted by Gasteiger charge is -2.35. The van der Waals surface area contributed by atoms with Gasteiger partial charge in [0.05, 0.1) is 6.54 Å². The molecule has 1 heterocycles. The Balaban J connectivity index is 1.64. The summed E-state index contributed by atoms with van der Waals surface area (Å²) in [5.74, 6) is -0.118. The van der Waals surface area contributed by atoms with Crippen molar-refractivity contribution < 1.29 is 9.59 Å². The predicted molar refractivity (Wildman–Crippen MR) is 74.7 cm³/mol. The highest BCUT2D eigenvalue weighted by molar-refractivity contribution is 5.89. The topological polar surface area (TPSA) is 66.6 Å². The molecule has 0 bridgehead atoms. The van der Waals surface area contributed by atoms with Gasteiger partial charge >= 0.3 is 0 Å². The highest BCUT2D eigenvalue weighted by Crippen LogP contribution is 2.28. The van der Waals surface area contributed by atoms with Crippen LogP contribution >= 0.6 is 0 Å². The summed E-state index contributed by atoms with van der Waals surface area (Å²) in [7, 11) is 0. The molecule has 2 aliphatic rings. The van der Waals surface area contributed by atoms with E-state index in [9.17, 15) is 9.59 Å². The molecule has 1 aliphatic carbocycles. The minimum absolute atomic E-state index is 0.0485. The lowest BCUT2D eigenvalue weighted by molar-refractivity contribution is -0.146. The number of piperazine rings is 1. The maximum atomic E-state index is 12.4. The summed E-state index contributed by atoms with van der Waals surface area (Å²) in [5.41, 5.74) is 6.79. The van der Waals surface area contributed by atoms with Gasteiger partial charge in [-0.3, -0.25) is 9.59 Å². The molecular weight excluding hydrogens is 254 g/mol. The van der Waals surface area contributed by atoms with Crippen molar-refractivity contribution in [3.05, 3.63) is 35.9 Å². The van der Waals surface area contributed by atoms with Crippen molar-refractivity contribution in [2.45, 2.75) is 24.9 Å². The monoisotopic (exact) mass is 273 g/mol. The van der Waals surface area contributed by atoms with Gasteiger partial charge < -0.3 is 15.5 Å². The summed E-state index contributed by atoms with van der Waals surface area (Å²) in [6.45, 7) is 1.38. The van der Waals surface area contributed by atoms with E-state index in [0.29, 0.717) is 19.1 Å². The first-order valence-corrected chi connectivity index (χ1v) is 7.05. The van der Waals surface area contributed by atoms with Gasteiger partial charge in [-0.1, -0.05) is 30.3 Å². The van der Waals surface area contributed by atoms with Crippen LogP contribution in [0.3, 0.4) is 0 Å². The zero-order valence-corrected chi connectivity index (χ0v) is 11.4. The third kappa shape index (κ3) is 2.54. The van der Waals surface area contributed by atoms with E-state index >= 15 is 0 Å². The molecule has 0 spiro atoms. The van der Waals surface area contributed by atoms with Gasteiger partial charge in [-0.05, 0) is 18.4 Å². The lowest BCUT2D eigenvalue weighted by atomic mass is 10.1. The molecule has 106 valence electrons. The van der Waals surface area contributed by atoms with E-state index in [1.54, 1.807) is 4.90 Å². The van der Waals surface area contributed by atoms with Gasteiger partial charge in [-0.15, -0.1) is 0 Å². The van der Waals surface area contributed by atoms with Crippen LogP contribution < -0.4 is 5.73 Å². The smallest absolute Gasteiger partial charge is 0.244 e. The van der Waals surface area contributed by atoms with Gasteiger partial charge in [0.2, 0.25) is 11.8 Å². The average molecular weight is 273 g/mol. The highest BCUT2D eigenvalue weighted by atomic mass is 16.2. The van der Waals surface area contributed by atoms with E-state index in [1.165, 1.54) is 0 Å². The summed E-state index contributed by atoms with van der Waals surface area (Å²) in [6, 6.07) is 9.02. The Kier molecular flexibility index (Phi) is 3.44. The molecule has 1 saturated carbocycles. The van der Waals surface area contributed by atoms with Crippen LogP contribution in [-0.4, -0.2) is 47.3 Å². The molecule has 1 aromatic carbocycles. The molecule has 5 heteroatoms. The van der Waals surface area contributed by atoms with Crippen molar-refractivity contribution in [2.24, 2.45) is 5.73 Å². The number of hydrogen-bond donors (Lipinski definition) is 1. The molecule has 0 aromatic heterocycles. The number of carbonyl (C=O) groups is 2. The van der Waals surface area contributed by atoms with Crippen LogP contribution in [0.5, 0.6) is 0 Å². The number of rotatable bonds is 3. The summed E-state index contributed by atoms with van der Waals surface area (Å²) in [6.07, 6.45) is 2.20. The zero-order chi connectivity index (χ0) is 14.1. The number of benzene rings is 1. The van der Waals surface area contributed by atoms with Gasteiger partial charge in [0.1, 0.15) is 6.04 Å². The van der Waals surface area contributed by atoms with E-state index in [2.05, 4.69) is 0 Å². The van der Waals surface area contributed by atoms with Gasteiger partial charge in [0, 0.05) is 19.1 Å². The van der Waals surface area contributed by atoms with Gasteiger partial charge in [0.15, 0.2) is 0 Å². The zero-order valence-electron chi connectivity index (χ0n) is 11.4. The molecule has 1 aromatic rings. The highest BCUT2D eigenvalue weighted by Gasteiger charge is 2.37. The Morgan fingerprint density at radius 2 is 1.90 bits per heavy atom. The van der Waals surface area contributed by atoms with Crippen LogP contribution in [0.4, 0.5) is 0 Å². The molecule has 0 radical (unpaired) electrons. The van der Waals surface area contributed by atoms with Crippen LogP contribution in [0.1, 0.15) is 24.4 Å². The van der Waals surface area contributed by atoms with Gasteiger partial charge in [-0.2, -0.15) is 0 Å². The van der Waals surface area contributed by atoms with E-state index in [1.807, 2.05) is 35.2 Å². The first-order valence-electron chi connectivity index (χ1n) is 7.05. The Labute approximate surface area is 118 Å². The number of amides is 2. The average Bonchev–Trinajstić information content (AvgIpc) is 3.31. The largest absolute Gasteiger partial charge is 0.336 e. The van der Waals surface area contributed by atoms with Crippen LogP contribution in [0.15, 0.2) is 30.3 Å². The van der Waals surface area contributed by atoms with E-state index in [0.717, 1.165) is 18.4 Å². The van der Waals surface area contributed by atoms with Crippen LogP contribution in [0, 0.1) is 0 Å². The van der Waals surface area contributed by atoms with Crippen LogP contribution in [0.2, 0.25) is 0 Å². The Morgan fingerprint density at radius 3 is 2.50 bits per heavy atom. The van der Waals surface area contributed by atoms with Crippen molar-refractivity contribution in [3.8, 4) is 0 Å². The fourth-order valence-electron chi connectivity index (χ4n) is 2.65. The molecule has 1 saturated heterocycles. The standard InChI is InChI=1S/C15H19N3O2/c16-14(11-4-2-1-3-5-11)15(20)17-8-9-18(12-6-7-12)13(19)10-17/h1-5,12,14H,6-10,16H2/t14-/m1/s1. The molecule has 2 fully saturated rings. The fraction of sp³-hybridized carbons (Fsp3) is 0.467. The number of carbonyl (C=O) groups excluding carboxylic acids is 2. The minimum Gasteiger partial charge on any atom is -0.336 e. The molecule has 5 nitrogen and oxygen atoms in total. The van der Waals surface area contributed by atoms with Crippen molar-refractivity contribution in [2.75, 3.05) is 19.6 Å². The third-order valence-electron chi connectivity index (χ3n) is 3.98. The van der Waals surface area contributed by atoms with Crippen molar-refractivity contribution in [1.82, 2.24) is 9.80 Å². The predicted octanol–water partition coefficient (Wildman–Crippen LogP) is 0.520. The molecule has 20 heavy (non-hydrogen) atoms. The maximum Gasteiger partial charge on any atom is 0.244 e. The first-order chi connectivity index (χ1) is 9.66. The minimum atomic E-state index is -0.684. The van der Waals surface area contributed by atoms with E-state index in [4.69, 9.17) is 5.73 Å². The maximum absolute atomic E-state index is 12.4. The van der Waals surface area contributed by atoms with Gasteiger partial charge in [0.25, 0.3) is 0 Å². The van der Waals surface area contributed by atoms with Crippen LogP contribution in [0.25, 0.3) is 0 Å². The molecular formula is C15H19N3O2. The van der Waals surface area contributed by atoms with Crippen molar-refractivity contribution in [1.29, 1.82) is 0 Å². The third-order valence-corrected chi connectivity index (χ3v) is 3.98. The second kappa shape index (κ2) is 5.25. The molecule has 2 amide bonds. The lowest BCUT2D eigenvalue weighted by Crippen LogP contribution is -2.54. The van der Waals surface area contributed by atoms with Crippen molar-refractivity contribution >= 4 is 11.8 Å². The van der Waals surface area contributed by atoms with E-state index in [-0.39, 0.29) is 18.4 Å². The summed E-state index contributed by atoms with van der Waals surface area (Å²) in [5, 5.41) is 0. The summed E-state index contributed by atoms with van der Waals surface area (Å²) in [4.78, 5) is 27.9. The Bertz CT molecular complexity index is 513. The second-order valence-electron chi connectivity index (χ2n) is 5.47. The van der Waals surface area contributed by atoms with Crippen molar-refractivity contribution in [3.63, 3.8) is 0 Å². The number of nitrogens with two attached hydrogens (primary N) is 1. The molecule has 1 atom stereocenters. The first kappa shape index (κ1) is 13.1. The summed E-state index contributed by atoms with van der Waals surface area (Å²) < 4.78 is 0. The summed E-state index contributed by atoms with van der Waals surface area (Å²) >= 11 is 0. The van der Waals surface area contributed by atoms with E-state index < -0.39 is 6.04 Å². The van der Waals surface area contributed by atoms with Gasteiger partial charge in [-0.25, -0.2) is 0 Å². The normalized spacial score (nSPS) is 20.9. The second-order valence-corrected chi connectivity index (χ2v) is 5.47. The van der Waals surface area contributed by atoms with Crippen LogP contribution in [-0.2, 0) is 9.59 Å². The molecule has 2 N–H and O–H groups in total. The molecule has 1 aliphatic heterocycles. The number of hydrogen-bond acceptors (Lipinski definition) is 3.